The van der Waals surface area contributed by atoms with Crippen molar-refractivity contribution in [3.63, 3.8) is 0 Å². The Balaban J connectivity index is 2.10. The molecule has 3 rings (SSSR count). The Bertz CT molecular complexity index is 257. The van der Waals surface area contributed by atoms with Crippen LogP contribution in [0.4, 0.5) is 0 Å². The molecule has 0 amide bonds. The molecule has 3 aliphatic carbocycles. The molecule has 0 saturated heterocycles. The van der Waals surface area contributed by atoms with Crippen LogP contribution in [0.15, 0.2) is 0 Å². The standard InChI is InChI=1S/C15H28/c1-15(2,3)11-14-9-6-12-4-7-13(10-14)8-5-12/h12-14H,4-11H2,1-3H3/i11D2. The molecule has 3 fully saturated rings. The fourth-order valence-electron chi connectivity index (χ4n) is 3.46. The molecule has 0 nitrogen and oxygen atoms in total. The van der Waals surface area contributed by atoms with Crippen LogP contribution in [0.1, 0.15) is 74.8 Å². The van der Waals surface area contributed by atoms with Gasteiger partial charge in [-0.3, -0.25) is 0 Å². The fourth-order valence-corrected chi connectivity index (χ4v) is 3.46. The van der Waals surface area contributed by atoms with Gasteiger partial charge in [-0.15, -0.1) is 0 Å². The molecule has 0 heteroatoms. The smallest absolute Gasteiger partial charge is 0.0275 e. The molecule has 3 aliphatic rings. The van der Waals surface area contributed by atoms with Crippen molar-refractivity contribution in [1.29, 1.82) is 0 Å². The third-order valence-corrected chi connectivity index (χ3v) is 4.14. The first-order valence-corrected chi connectivity index (χ1v) is 6.80. The molecule has 0 heterocycles. The predicted octanol–water partition coefficient (Wildman–Crippen LogP) is 5.03. The van der Waals surface area contributed by atoms with Crippen molar-refractivity contribution in [2.24, 2.45) is 23.2 Å². The Hall–Kier alpha value is 0. The van der Waals surface area contributed by atoms with Crippen LogP contribution >= 0.6 is 0 Å². The maximum atomic E-state index is 8.49. The molecule has 0 aromatic rings. The lowest BCUT2D eigenvalue weighted by atomic mass is 9.69. The summed E-state index contributed by atoms with van der Waals surface area (Å²) in [5, 5.41) is 0. The largest absolute Gasteiger partial charge is 0.0602 e. The van der Waals surface area contributed by atoms with E-state index in [0.717, 1.165) is 24.7 Å². The molecule has 1 atom stereocenters. The zero-order valence-corrected chi connectivity index (χ0v) is 10.7. The number of rotatable bonds is 1. The lowest BCUT2D eigenvalue weighted by molar-refractivity contribution is 0.148. The van der Waals surface area contributed by atoms with E-state index in [1.54, 1.807) is 0 Å². The predicted molar refractivity (Wildman–Crippen MR) is 66.9 cm³/mol. The van der Waals surface area contributed by atoms with Crippen LogP contribution in [0.25, 0.3) is 0 Å². The summed E-state index contributed by atoms with van der Waals surface area (Å²) in [6, 6.07) is 0. The maximum Gasteiger partial charge on any atom is 0.0275 e. The second-order valence-electron chi connectivity index (χ2n) is 6.79. The van der Waals surface area contributed by atoms with Crippen molar-refractivity contribution in [2.75, 3.05) is 0 Å². The van der Waals surface area contributed by atoms with Gasteiger partial charge < -0.3 is 0 Å². The molecular formula is C15H28. The van der Waals surface area contributed by atoms with E-state index in [0.29, 0.717) is 0 Å². The van der Waals surface area contributed by atoms with Crippen molar-refractivity contribution >= 4 is 0 Å². The van der Waals surface area contributed by atoms with Crippen molar-refractivity contribution in [3.8, 4) is 0 Å². The Morgan fingerprint density at radius 1 is 0.933 bits per heavy atom. The van der Waals surface area contributed by atoms with Gasteiger partial charge in [-0.05, 0) is 36.0 Å². The summed E-state index contributed by atoms with van der Waals surface area (Å²) in [6.45, 7) is 6.18. The minimum absolute atomic E-state index is 0.226. The van der Waals surface area contributed by atoms with Crippen molar-refractivity contribution in [1.82, 2.24) is 0 Å². The zero-order valence-electron chi connectivity index (χ0n) is 12.7. The molecule has 15 heavy (non-hydrogen) atoms. The Morgan fingerprint density at radius 3 is 2.07 bits per heavy atom. The second kappa shape index (κ2) is 4.47. The first-order valence-electron chi connectivity index (χ1n) is 7.80. The van der Waals surface area contributed by atoms with Crippen LogP contribution in [0.3, 0.4) is 0 Å². The van der Waals surface area contributed by atoms with E-state index in [2.05, 4.69) is 20.8 Å². The Morgan fingerprint density at radius 2 is 1.47 bits per heavy atom. The summed E-state index contributed by atoms with van der Waals surface area (Å²) >= 11 is 0. The van der Waals surface area contributed by atoms with E-state index < -0.39 is 6.37 Å². The maximum absolute atomic E-state index is 8.49. The molecule has 2 bridgehead atoms. The monoisotopic (exact) mass is 210 g/mol. The molecule has 0 aliphatic heterocycles. The Labute approximate surface area is 98.6 Å². The third kappa shape index (κ3) is 3.50. The van der Waals surface area contributed by atoms with E-state index in [-0.39, 0.29) is 11.3 Å². The van der Waals surface area contributed by atoms with Crippen molar-refractivity contribution in [3.05, 3.63) is 0 Å². The molecule has 88 valence electrons. The summed E-state index contributed by atoms with van der Waals surface area (Å²) in [5.74, 6) is 2.01. The van der Waals surface area contributed by atoms with E-state index in [4.69, 9.17) is 2.74 Å². The topological polar surface area (TPSA) is 0 Å². The summed E-state index contributed by atoms with van der Waals surface area (Å²) in [5.41, 5.74) is -0.226. The van der Waals surface area contributed by atoms with Gasteiger partial charge in [0.05, 0.1) is 0 Å². The van der Waals surface area contributed by atoms with Crippen LogP contribution < -0.4 is 0 Å². The average Bonchev–Trinajstić information content (AvgIpc) is 2.16. The highest BCUT2D eigenvalue weighted by Crippen LogP contribution is 2.42. The van der Waals surface area contributed by atoms with Gasteiger partial charge in [0.2, 0.25) is 0 Å². The van der Waals surface area contributed by atoms with Crippen molar-refractivity contribution < 1.29 is 2.74 Å². The van der Waals surface area contributed by atoms with Crippen LogP contribution in [-0.2, 0) is 0 Å². The van der Waals surface area contributed by atoms with Crippen LogP contribution in [0.5, 0.6) is 0 Å². The third-order valence-electron chi connectivity index (χ3n) is 4.14. The normalized spacial score (nSPS) is 40.3. The van der Waals surface area contributed by atoms with Gasteiger partial charge in [0, 0.05) is 2.74 Å². The first kappa shape index (κ1) is 9.07. The number of fused-ring (bicyclic) bond motifs is 5. The van der Waals surface area contributed by atoms with Gasteiger partial charge in [-0.25, -0.2) is 0 Å². The molecule has 0 spiro atoms. The molecule has 3 saturated carbocycles. The summed E-state index contributed by atoms with van der Waals surface area (Å²) in [4.78, 5) is 0. The average molecular weight is 210 g/mol. The van der Waals surface area contributed by atoms with E-state index in [9.17, 15) is 0 Å². The van der Waals surface area contributed by atoms with Gasteiger partial charge >= 0.3 is 0 Å². The SMILES string of the molecule is [2H]C([2H])(C1CCC2CCC(CC2)C1)C(C)(C)C. The van der Waals surface area contributed by atoms with E-state index in [1.165, 1.54) is 32.1 Å². The minimum Gasteiger partial charge on any atom is -0.0602 e. The van der Waals surface area contributed by atoms with Crippen molar-refractivity contribution in [2.45, 2.75) is 72.1 Å². The quantitative estimate of drug-likeness (QED) is 0.569. The Kier molecular flexibility index (Phi) is 2.71. The van der Waals surface area contributed by atoms with E-state index >= 15 is 0 Å². The van der Waals surface area contributed by atoms with Gasteiger partial charge in [-0.1, -0.05) is 59.3 Å². The van der Waals surface area contributed by atoms with Gasteiger partial charge in [-0.2, -0.15) is 0 Å². The van der Waals surface area contributed by atoms with Gasteiger partial charge in [0.15, 0.2) is 0 Å². The zero-order chi connectivity index (χ0) is 12.7. The van der Waals surface area contributed by atoms with Crippen LogP contribution in [-0.4, -0.2) is 0 Å². The second-order valence-corrected chi connectivity index (χ2v) is 6.79. The fraction of sp³-hybridized carbons (Fsp3) is 1.00. The van der Waals surface area contributed by atoms with Gasteiger partial charge in [0.25, 0.3) is 0 Å². The summed E-state index contributed by atoms with van der Waals surface area (Å²) < 4.78 is 17.0. The van der Waals surface area contributed by atoms with E-state index in [1.807, 2.05) is 0 Å². The highest BCUT2D eigenvalue weighted by Gasteiger charge is 2.29. The van der Waals surface area contributed by atoms with Crippen LogP contribution in [0, 0.1) is 23.2 Å². The lowest BCUT2D eigenvalue weighted by Crippen LogP contribution is -2.24. The van der Waals surface area contributed by atoms with Crippen LogP contribution in [0.2, 0.25) is 0 Å². The molecule has 0 N–H and O–H groups in total. The van der Waals surface area contributed by atoms with Gasteiger partial charge in [0.1, 0.15) is 0 Å². The molecular weight excluding hydrogens is 180 g/mol. The summed E-state index contributed by atoms with van der Waals surface area (Å²) in [6.07, 6.45) is 8.06. The first-order chi connectivity index (χ1) is 7.80. The highest BCUT2D eigenvalue weighted by molar-refractivity contribution is 4.81. The highest BCUT2D eigenvalue weighted by atomic mass is 14.3. The molecule has 0 aromatic heterocycles. The summed E-state index contributed by atoms with van der Waals surface area (Å²) in [7, 11) is 0. The molecule has 1 unspecified atom stereocenters. The molecule has 0 aromatic carbocycles. The number of hydrogen-bond acceptors (Lipinski definition) is 0. The lowest BCUT2D eigenvalue weighted by Gasteiger charge is -2.37. The molecule has 0 radical (unpaired) electrons. The number of hydrogen-bond donors (Lipinski definition) is 0. The minimum atomic E-state index is -1.01.